The molecule has 0 amide bonds. The summed E-state index contributed by atoms with van der Waals surface area (Å²) >= 11 is 0. The molecule has 0 atom stereocenters. The predicted octanol–water partition coefficient (Wildman–Crippen LogP) is 3.87. The topological polar surface area (TPSA) is 59.1 Å². The summed E-state index contributed by atoms with van der Waals surface area (Å²) in [7, 11) is -4.07. The molecule has 9 heteroatoms. The number of nitrogens with zero attached hydrogens (tertiary/aromatic N) is 1. The van der Waals surface area contributed by atoms with Crippen LogP contribution in [0.4, 0.5) is 17.6 Å². The minimum Gasteiger partial charge on any atom is -0.256 e. The van der Waals surface area contributed by atoms with Crippen LogP contribution in [0.25, 0.3) is 10.9 Å². The normalized spacial score (nSPS) is 12.5. The Hall–Kier alpha value is -2.52. The van der Waals surface area contributed by atoms with E-state index in [1.807, 2.05) is 0 Å². The highest BCUT2D eigenvalue weighted by Gasteiger charge is 2.30. The van der Waals surface area contributed by atoms with Crippen molar-refractivity contribution in [2.75, 3.05) is 0 Å². The summed E-state index contributed by atoms with van der Waals surface area (Å²) in [6.07, 6.45) is -3.06. The molecule has 0 radical (unpaired) electrons. The average molecular weight is 384 g/mol. The Balaban J connectivity index is 1.85. The maximum atomic E-state index is 13.7. The Morgan fingerprint density at radius 3 is 2.38 bits per heavy atom. The van der Waals surface area contributed by atoms with Crippen LogP contribution in [-0.2, 0) is 22.7 Å². The van der Waals surface area contributed by atoms with Crippen LogP contribution in [0, 0.1) is 5.82 Å². The summed E-state index contributed by atoms with van der Waals surface area (Å²) in [6.45, 7) is -0.255. The first-order chi connectivity index (χ1) is 12.2. The number of hydrogen-bond donors (Lipinski definition) is 1. The third-order valence-corrected chi connectivity index (χ3v) is 5.11. The number of alkyl halides is 3. The van der Waals surface area contributed by atoms with E-state index in [0.717, 1.165) is 18.2 Å². The zero-order valence-corrected chi connectivity index (χ0v) is 13.9. The quantitative estimate of drug-likeness (QED) is 0.695. The molecule has 0 bridgehead atoms. The fraction of sp³-hybridized carbons (Fsp3) is 0.118. The van der Waals surface area contributed by atoms with Gasteiger partial charge in [-0.2, -0.15) is 13.2 Å². The van der Waals surface area contributed by atoms with E-state index in [2.05, 4.69) is 9.71 Å². The number of halogens is 4. The molecule has 136 valence electrons. The van der Waals surface area contributed by atoms with E-state index >= 15 is 0 Å². The van der Waals surface area contributed by atoms with E-state index in [1.54, 1.807) is 12.1 Å². The van der Waals surface area contributed by atoms with E-state index in [4.69, 9.17) is 0 Å². The predicted molar refractivity (Wildman–Crippen MR) is 87.2 cm³/mol. The van der Waals surface area contributed by atoms with Gasteiger partial charge in [-0.05, 0) is 48.0 Å². The van der Waals surface area contributed by atoms with Crippen molar-refractivity contribution in [3.8, 4) is 0 Å². The van der Waals surface area contributed by atoms with E-state index in [9.17, 15) is 26.0 Å². The van der Waals surface area contributed by atoms with Crippen molar-refractivity contribution in [1.82, 2.24) is 9.71 Å². The fourth-order valence-corrected chi connectivity index (χ4v) is 3.45. The number of pyridine rings is 1. The number of hydrogen-bond acceptors (Lipinski definition) is 3. The van der Waals surface area contributed by atoms with Crippen molar-refractivity contribution in [3.05, 3.63) is 71.7 Å². The molecule has 0 unspecified atom stereocenters. The minimum atomic E-state index is -4.55. The van der Waals surface area contributed by atoms with E-state index < -0.39 is 27.6 Å². The van der Waals surface area contributed by atoms with Gasteiger partial charge in [-0.25, -0.2) is 17.5 Å². The van der Waals surface area contributed by atoms with Gasteiger partial charge in [0.25, 0.3) is 0 Å². The highest BCUT2D eigenvalue weighted by molar-refractivity contribution is 7.89. The second-order valence-electron chi connectivity index (χ2n) is 5.49. The summed E-state index contributed by atoms with van der Waals surface area (Å²) in [5, 5.41) is 0.510. The molecule has 2 aromatic carbocycles. The van der Waals surface area contributed by atoms with Crippen molar-refractivity contribution in [2.24, 2.45) is 0 Å². The molecule has 0 saturated carbocycles. The van der Waals surface area contributed by atoms with Crippen LogP contribution >= 0.6 is 0 Å². The van der Waals surface area contributed by atoms with Crippen LogP contribution in [0.15, 0.2) is 59.6 Å². The van der Waals surface area contributed by atoms with Crippen LogP contribution in [0.5, 0.6) is 0 Å². The number of rotatable bonds is 4. The molecule has 4 nitrogen and oxygen atoms in total. The molecule has 0 fully saturated rings. The SMILES string of the molecule is O=S(=O)(NCc1cc(F)cc2cccnc12)c1ccc(C(F)(F)F)cc1. The highest BCUT2D eigenvalue weighted by atomic mass is 32.2. The van der Waals surface area contributed by atoms with Gasteiger partial charge in [-0.1, -0.05) is 6.07 Å². The summed E-state index contributed by atoms with van der Waals surface area (Å²) in [5.41, 5.74) is -0.197. The Morgan fingerprint density at radius 1 is 1.04 bits per heavy atom. The van der Waals surface area contributed by atoms with Crippen molar-refractivity contribution < 1.29 is 26.0 Å². The maximum Gasteiger partial charge on any atom is 0.416 e. The summed E-state index contributed by atoms with van der Waals surface area (Å²) in [6, 6.07) is 8.81. The van der Waals surface area contributed by atoms with Crippen LogP contribution < -0.4 is 4.72 Å². The number of sulfonamides is 1. The molecule has 3 rings (SSSR count). The Kier molecular flexibility index (Phi) is 4.68. The van der Waals surface area contributed by atoms with Gasteiger partial charge in [-0.15, -0.1) is 0 Å². The lowest BCUT2D eigenvalue weighted by molar-refractivity contribution is -0.137. The van der Waals surface area contributed by atoms with Crippen molar-refractivity contribution in [3.63, 3.8) is 0 Å². The number of nitrogens with one attached hydrogen (secondary N) is 1. The molecule has 0 aliphatic rings. The third-order valence-electron chi connectivity index (χ3n) is 3.69. The Bertz CT molecular complexity index is 1050. The second kappa shape index (κ2) is 6.65. The molecule has 1 heterocycles. The van der Waals surface area contributed by atoms with Crippen LogP contribution in [0.2, 0.25) is 0 Å². The van der Waals surface area contributed by atoms with Gasteiger partial charge in [0.15, 0.2) is 0 Å². The third kappa shape index (κ3) is 3.83. The van der Waals surface area contributed by atoms with Crippen molar-refractivity contribution in [1.29, 1.82) is 0 Å². The molecule has 26 heavy (non-hydrogen) atoms. The Labute approximate surface area is 146 Å². The van der Waals surface area contributed by atoms with Gasteiger partial charge >= 0.3 is 6.18 Å². The standard InChI is InChI=1S/C17H12F4N2O2S/c18-14-8-11-2-1-7-22-16(11)12(9-14)10-23-26(24,25)15-5-3-13(4-6-15)17(19,20)21/h1-9,23H,10H2. The molecular weight excluding hydrogens is 372 g/mol. The van der Waals surface area contributed by atoms with E-state index in [1.165, 1.54) is 12.3 Å². The number of benzene rings is 2. The molecule has 1 aromatic heterocycles. The van der Waals surface area contributed by atoms with E-state index in [0.29, 0.717) is 28.6 Å². The fourth-order valence-electron chi connectivity index (χ4n) is 2.44. The summed E-state index contributed by atoms with van der Waals surface area (Å²) in [5.74, 6) is -0.547. The largest absolute Gasteiger partial charge is 0.416 e. The zero-order valence-electron chi connectivity index (χ0n) is 13.1. The first kappa shape index (κ1) is 18.3. The lowest BCUT2D eigenvalue weighted by Gasteiger charge is -2.10. The molecule has 0 aliphatic carbocycles. The van der Waals surface area contributed by atoms with Crippen molar-refractivity contribution >= 4 is 20.9 Å². The second-order valence-corrected chi connectivity index (χ2v) is 7.25. The van der Waals surface area contributed by atoms with Gasteiger partial charge < -0.3 is 0 Å². The first-order valence-electron chi connectivity index (χ1n) is 7.37. The molecule has 1 N–H and O–H groups in total. The van der Waals surface area contributed by atoms with Crippen LogP contribution in [0.1, 0.15) is 11.1 Å². The maximum absolute atomic E-state index is 13.7. The summed E-state index contributed by atoms with van der Waals surface area (Å²) < 4.78 is 78.2. The minimum absolute atomic E-state index is 0.255. The van der Waals surface area contributed by atoms with Gasteiger partial charge in [0, 0.05) is 18.1 Å². The molecule has 0 spiro atoms. The Morgan fingerprint density at radius 2 is 1.73 bits per heavy atom. The average Bonchev–Trinajstić information content (AvgIpc) is 2.59. The molecule has 0 aliphatic heterocycles. The van der Waals surface area contributed by atoms with Crippen LogP contribution in [0.3, 0.4) is 0 Å². The van der Waals surface area contributed by atoms with Gasteiger partial charge in [0.05, 0.1) is 16.0 Å². The summed E-state index contributed by atoms with van der Waals surface area (Å²) in [4.78, 5) is 3.79. The van der Waals surface area contributed by atoms with Gasteiger partial charge in [-0.3, -0.25) is 4.98 Å². The molecule has 0 saturated heterocycles. The first-order valence-corrected chi connectivity index (χ1v) is 8.85. The lowest BCUT2D eigenvalue weighted by Crippen LogP contribution is -2.23. The smallest absolute Gasteiger partial charge is 0.256 e. The van der Waals surface area contributed by atoms with Gasteiger partial charge in [0.2, 0.25) is 10.0 Å². The van der Waals surface area contributed by atoms with E-state index in [-0.39, 0.29) is 11.4 Å². The van der Waals surface area contributed by atoms with Crippen LogP contribution in [-0.4, -0.2) is 13.4 Å². The number of aromatic nitrogens is 1. The lowest BCUT2D eigenvalue weighted by atomic mass is 10.1. The highest BCUT2D eigenvalue weighted by Crippen LogP contribution is 2.29. The molecule has 3 aromatic rings. The van der Waals surface area contributed by atoms with Gasteiger partial charge in [0.1, 0.15) is 5.82 Å². The molecular formula is C17H12F4N2O2S. The van der Waals surface area contributed by atoms with Crippen molar-refractivity contribution in [2.45, 2.75) is 17.6 Å². The monoisotopic (exact) mass is 384 g/mol. The number of fused-ring (bicyclic) bond motifs is 1. The zero-order chi connectivity index (χ0) is 18.9.